The van der Waals surface area contributed by atoms with Crippen LogP contribution in [0.1, 0.15) is 24.8 Å². The van der Waals surface area contributed by atoms with E-state index in [0.29, 0.717) is 12.1 Å². The third-order valence-electron chi connectivity index (χ3n) is 3.93. The topological polar surface area (TPSA) is 49.8 Å². The fraction of sp³-hybridized carbons (Fsp3) is 0.500. The van der Waals surface area contributed by atoms with E-state index in [4.69, 9.17) is 0 Å². The van der Waals surface area contributed by atoms with E-state index >= 15 is 0 Å². The quantitative estimate of drug-likeness (QED) is 0.895. The maximum atomic E-state index is 13.0. The van der Waals surface area contributed by atoms with Gasteiger partial charge in [-0.1, -0.05) is 12.5 Å². The molecule has 0 spiro atoms. The highest BCUT2D eigenvalue weighted by atomic mass is 19.4. The Bertz CT molecular complexity index is 696. The largest absolute Gasteiger partial charge is 0.418 e. The zero-order valence-corrected chi connectivity index (χ0v) is 11.3. The van der Waals surface area contributed by atoms with Crippen molar-refractivity contribution < 1.29 is 13.2 Å². The zero-order valence-electron chi connectivity index (χ0n) is 11.3. The highest BCUT2D eigenvalue weighted by Gasteiger charge is 2.33. The lowest BCUT2D eigenvalue weighted by molar-refractivity contribution is -0.136. The fourth-order valence-corrected chi connectivity index (χ4v) is 2.90. The SMILES string of the molecule is O=c1[nH]c2c(C(F)(F)F)cccc2n1CC1CCCCN1. The van der Waals surface area contributed by atoms with E-state index in [1.807, 2.05) is 0 Å². The molecule has 2 aromatic rings. The van der Waals surface area contributed by atoms with Gasteiger partial charge >= 0.3 is 11.9 Å². The van der Waals surface area contributed by atoms with Crippen LogP contribution < -0.4 is 11.0 Å². The fourth-order valence-electron chi connectivity index (χ4n) is 2.90. The Hall–Kier alpha value is -1.76. The summed E-state index contributed by atoms with van der Waals surface area (Å²) in [4.78, 5) is 14.4. The molecule has 0 aliphatic carbocycles. The van der Waals surface area contributed by atoms with Gasteiger partial charge in [-0.15, -0.1) is 0 Å². The van der Waals surface area contributed by atoms with Gasteiger partial charge in [-0.2, -0.15) is 13.2 Å². The van der Waals surface area contributed by atoms with E-state index in [2.05, 4.69) is 10.3 Å². The molecule has 1 unspecified atom stereocenters. The number of piperidine rings is 1. The lowest BCUT2D eigenvalue weighted by atomic mass is 10.1. The average molecular weight is 299 g/mol. The molecule has 114 valence electrons. The third kappa shape index (κ3) is 2.70. The number of para-hydroxylation sites is 1. The molecule has 2 heterocycles. The van der Waals surface area contributed by atoms with Crippen molar-refractivity contribution in [3.8, 4) is 0 Å². The number of alkyl halides is 3. The predicted octanol–water partition coefficient (Wildman–Crippen LogP) is 2.49. The minimum Gasteiger partial charge on any atom is -0.312 e. The molecular formula is C14H16F3N3O. The van der Waals surface area contributed by atoms with Gasteiger partial charge in [0.2, 0.25) is 0 Å². The summed E-state index contributed by atoms with van der Waals surface area (Å²) >= 11 is 0. The maximum Gasteiger partial charge on any atom is 0.418 e. The van der Waals surface area contributed by atoms with Crippen molar-refractivity contribution in [3.05, 3.63) is 34.2 Å². The van der Waals surface area contributed by atoms with Crippen molar-refractivity contribution in [3.63, 3.8) is 0 Å². The van der Waals surface area contributed by atoms with Gasteiger partial charge < -0.3 is 10.3 Å². The molecule has 0 radical (unpaired) electrons. The van der Waals surface area contributed by atoms with Crippen LogP contribution in [0.15, 0.2) is 23.0 Å². The van der Waals surface area contributed by atoms with Crippen LogP contribution in [0.5, 0.6) is 0 Å². The first-order valence-electron chi connectivity index (χ1n) is 6.99. The van der Waals surface area contributed by atoms with E-state index in [-0.39, 0.29) is 11.6 Å². The summed E-state index contributed by atoms with van der Waals surface area (Å²) in [5, 5.41) is 3.30. The Labute approximate surface area is 119 Å². The Morgan fingerprint density at radius 2 is 2.10 bits per heavy atom. The third-order valence-corrected chi connectivity index (χ3v) is 3.93. The summed E-state index contributed by atoms with van der Waals surface area (Å²) in [6, 6.07) is 4.00. The number of rotatable bonds is 2. The summed E-state index contributed by atoms with van der Waals surface area (Å²) in [7, 11) is 0. The molecule has 0 amide bonds. The number of nitrogens with one attached hydrogen (secondary N) is 2. The van der Waals surface area contributed by atoms with Crippen LogP contribution in [0, 0.1) is 0 Å². The number of nitrogens with zero attached hydrogens (tertiary/aromatic N) is 1. The second-order valence-corrected chi connectivity index (χ2v) is 5.39. The molecule has 2 N–H and O–H groups in total. The van der Waals surface area contributed by atoms with Gasteiger partial charge in [0.1, 0.15) is 0 Å². The molecule has 1 aliphatic heterocycles. The minimum atomic E-state index is -4.47. The van der Waals surface area contributed by atoms with Crippen LogP contribution in [0.25, 0.3) is 11.0 Å². The van der Waals surface area contributed by atoms with Crippen molar-refractivity contribution in [2.75, 3.05) is 6.54 Å². The van der Waals surface area contributed by atoms with Gasteiger partial charge in [-0.25, -0.2) is 4.79 Å². The molecule has 1 aromatic carbocycles. The van der Waals surface area contributed by atoms with Gasteiger partial charge in [0.25, 0.3) is 0 Å². The maximum absolute atomic E-state index is 13.0. The van der Waals surface area contributed by atoms with E-state index < -0.39 is 17.4 Å². The normalized spacial score (nSPS) is 20.0. The molecule has 1 aromatic heterocycles. The van der Waals surface area contributed by atoms with E-state index in [1.165, 1.54) is 10.6 Å². The number of H-pyrrole nitrogens is 1. The molecule has 1 saturated heterocycles. The van der Waals surface area contributed by atoms with Gasteiger partial charge in [0.15, 0.2) is 0 Å². The van der Waals surface area contributed by atoms with Gasteiger partial charge in [-0.05, 0) is 31.5 Å². The second kappa shape index (κ2) is 5.22. The molecule has 0 saturated carbocycles. The van der Waals surface area contributed by atoms with Crippen molar-refractivity contribution in [2.45, 2.75) is 38.0 Å². The summed E-state index contributed by atoms with van der Waals surface area (Å²) in [6.07, 6.45) is -1.38. The molecule has 4 nitrogen and oxygen atoms in total. The first-order chi connectivity index (χ1) is 9.97. The molecule has 1 aliphatic rings. The first kappa shape index (κ1) is 14.2. The highest BCUT2D eigenvalue weighted by Crippen LogP contribution is 2.33. The van der Waals surface area contributed by atoms with Crippen molar-refractivity contribution in [1.82, 2.24) is 14.9 Å². The summed E-state index contributed by atoms with van der Waals surface area (Å²) in [6.45, 7) is 1.27. The van der Waals surface area contributed by atoms with Crippen LogP contribution in [0.3, 0.4) is 0 Å². The van der Waals surface area contributed by atoms with E-state index in [0.717, 1.165) is 31.9 Å². The van der Waals surface area contributed by atoms with Crippen LogP contribution in [-0.2, 0) is 12.7 Å². The monoisotopic (exact) mass is 299 g/mol. The number of imidazole rings is 1. The smallest absolute Gasteiger partial charge is 0.312 e. The lowest BCUT2D eigenvalue weighted by Crippen LogP contribution is -2.39. The van der Waals surface area contributed by atoms with Gasteiger partial charge in [0.05, 0.1) is 16.6 Å². The minimum absolute atomic E-state index is 0.130. The number of fused-ring (bicyclic) bond motifs is 1. The number of benzene rings is 1. The molecule has 1 atom stereocenters. The van der Waals surface area contributed by atoms with Crippen LogP contribution in [0.2, 0.25) is 0 Å². The summed E-state index contributed by atoms with van der Waals surface area (Å²) in [5.74, 6) is 0. The van der Waals surface area contributed by atoms with E-state index in [9.17, 15) is 18.0 Å². The number of hydrogen-bond acceptors (Lipinski definition) is 2. The molecular weight excluding hydrogens is 283 g/mol. The number of hydrogen-bond donors (Lipinski definition) is 2. The molecule has 21 heavy (non-hydrogen) atoms. The Morgan fingerprint density at radius 3 is 2.76 bits per heavy atom. The summed E-state index contributed by atoms with van der Waals surface area (Å²) in [5.41, 5.74) is -1.12. The predicted molar refractivity (Wildman–Crippen MR) is 73.2 cm³/mol. The molecule has 0 bridgehead atoms. The highest BCUT2D eigenvalue weighted by molar-refractivity contribution is 5.79. The Balaban J connectivity index is 2.03. The Morgan fingerprint density at radius 1 is 1.29 bits per heavy atom. The Kier molecular flexibility index (Phi) is 3.52. The number of halogens is 3. The van der Waals surface area contributed by atoms with Crippen molar-refractivity contribution in [1.29, 1.82) is 0 Å². The average Bonchev–Trinajstić information content (AvgIpc) is 2.75. The standard InChI is InChI=1S/C14H16F3N3O/c15-14(16,17)10-5-3-6-11-12(10)19-13(21)20(11)8-9-4-1-2-7-18-9/h3,5-6,9,18H,1-2,4,7-8H2,(H,19,21). The lowest BCUT2D eigenvalue weighted by Gasteiger charge is -2.23. The number of aromatic amines is 1. The van der Waals surface area contributed by atoms with Gasteiger partial charge in [-0.3, -0.25) is 4.57 Å². The molecule has 3 rings (SSSR count). The van der Waals surface area contributed by atoms with Crippen molar-refractivity contribution >= 4 is 11.0 Å². The van der Waals surface area contributed by atoms with Crippen LogP contribution in [-0.4, -0.2) is 22.1 Å². The van der Waals surface area contributed by atoms with Gasteiger partial charge in [0, 0.05) is 12.6 Å². The zero-order chi connectivity index (χ0) is 15.0. The van der Waals surface area contributed by atoms with Crippen molar-refractivity contribution in [2.24, 2.45) is 0 Å². The summed E-state index contributed by atoms with van der Waals surface area (Å²) < 4.78 is 40.3. The first-order valence-corrected chi connectivity index (χ1v) is 6.99. The van der Waals surface area contributed by atoms with E-state index in [1.54, 1.807) is 6.07 Å². The molecule has 7 heteroatoms. The van der Waals surface area contributed by atoms with Crippen LogP contribution >= 0.6 is 0 Å². The number of aromatic nitrogens is 2. The van der Waals surface area contributed by atoms with Crippen LogP contribution in [0.4, 0.5) is 13.2 Å². The molecule has 1 fully saturated rings. The second-order valence-electron chi connectivity index (χ2n) is 5.39.